The number of anilines is 2. The number of aromatic carboxylic acids is 1. The monoisotopic (exact) mass is 705 g/mol. The van der Waals surface area contributed by atoms with E-state index in [2.05, 4.69) is 30.2 Å². The molecular formula is C39H35N11O3. The molecule has 5 aromatic heterocycles. The van der Waals surface area contributed by atoms with Gasteiger partial charge in [-0.15, -0.1) is 10.2 Å². The zero-order chi connectivity index (χ0) is 35.7. The van der Waals surface area contributed by atoms with Crippen LogP contribution in [-0.2, 0) is 26.2 Å². The summed E-state index contributed by atoms with van der Waals surface area (Å²) in [7, 11) is 0. The SMILES string of the molecule is C.O=C(O)c1c(O)c(N=Nc2nc(N(Cc3ccccn3)Cc3ccccn3)nc(N(Cc3ccccn3)Cc3ccccn3)n2)cc2ccccc12. The van der Waals surface area contributed by atoms with Crippen LogP contribution < -0.4 is 9.80 Å². The lowest BCUT2D eigenvalue weighted by Gasteiger charge is -2.26. The molecule has 7 aromatic rings. The Morgan fingerprint density at radius 1 is 0.585 bits per heavy atom. The number of azo groups is 1. The number of benzene rings is 2. The highest BCUT2D eigenvalue weighted by Crippen LogP contribution is 2.37. The lowest BCUT2D eigenvalue weighted by molar-refractivity contribution is 0.0696. The molecule has 0 aliphatic heterocycles. The van der Waals surface area contributed by atoms with Gasteiger partial charge >= 0.3 is 5.97 Å². The molecule has 0 bridgehead atoms. The molecule has 0 saturated heterocycles. The second-order valence-electron chi connectivity index (χ2n) is 11.6. The Bertz CT molecular complexity index is 2130. The zero-order valence-corrected chi connectivity index (χ0v) is 27.7. The van der Waals surface area contributed by atoms with Gasteiger partial charge in [0.05, 0.1) is 49.0 Å². The van der Waals surface area contributed by atoms with Crippen LogP contribution in [0.15, 0.2) is 138 Å². The summed E-state index contributed by atoms with van der Waals surface area (Å²) in [6, 6.07) is 31.0. The van der Waals surface area contributed by atoms with E-state index in [1.165, 1.54) is 0 Å². The van der Waals surface area contributed by atoms with E-state index in [9.17, 15) is 15.0 Å². The molecule has 7 rings (SSSR count). The third-order valence-electron chi connectivity index (χ3n) is 7.94. The van der Waals surface area contributed by atoms with E-state index < -0.39 is 11.7 Å². The number of pyridine rings is 4. The maximum Gasteiger partial charge on any atom is 0.340 e. The summed E-state index contributed by atoms with van der Waals surface area (Å²) < 4.78 is 0. The van der Waals surface area contributed by atoms with Crippen LogP contribution in [-0.4, -0.2) is 51.1 Å². The topological polar surface area (TPSA) is 179 Å². The second-order valence-corrected chi connectivity index (χ2v) is 11.6. The normalized spacial score (nSPS) is 10.9. The van der Waals surface area contributed by atoms with Gasteiger partial charge < -0.3 is 20.0 Å². The predicted molar refractivity (Wildman–Crippen MR) is 200 cm³/mol. The smallest absolute Gasteiger partial charge is 0.340 e. The van der Waals surface area contributed by atoms with Crippen LogP contribution in [0.4, 0.5) is 23.5 Å². The third-order valence-corrected chi connectivity index (χ3v) is 7.94. The van der Waals surface area contributed by atoms with Crippen LogP contribution in [0.3, 0.4) is 0 Å². The van der Waals surface area contributed by atoms with Crippen LogP contribution in [0.2, 0.25) is 0 Å². The molecule has 0 atom stereocenters. The van der Waals surface area contributed by atoms with E-state index in [0.717, 1.165) is 22.8 Å². The number of aromatic nitrogens is 7. The summed E-state index contributed by atoms with van der Waals surface area (Å²) in [4.78, 5) is 48.5. The number of fused-ring (bicyclic) bond motifs is 1. The molecule has 0 unspecified atom stereocenters. The molecule has 14 nitrogen and oxygen atoms in total. The van der Waals surface area contributed by atoms with Crippen LogP contribution >= 0.6 is 0 Å². The Labute approximate surface area is 305 Å². The van der Waals surface area contributed by atoms with Gasteiger partial charge in [0, 0.05) is 30.2 Å². The molecule has 0 fully saturated rings. The first-order valence-corrected chi connectivity index (χ1v) is 16.3. The number of phenols is 1. The van der Waals surface area contributed by atoms with Crippen LogP contribution in [0.1, 0.15) is 40.6 Å². The van der Waals surface area contributed by atoms with Gasteiger partial charge in [0.2, 0.25) is 11.9 Å². The minimum atomic E-state index is -1.30. The van der Waals surface area contributed by atoms with Gasteiger partial charge in [-0.3, -0.25) is 19.9 Å². The number of hydrogen-bond acceptors (Lipinski definition) is 13. The molecule has 14 heteroatoms. The molecule has 264 valence electrons. The summed E-state index contributed by atoms with van der Waals surface area (Å²) in [5.74, 6) is -1.38. The first kappa shape index (κ1) is 35.6. The number of hydrogen-bond donors (Lipinski definition) is 2. The van der Waals surface area contributed by atoms with Crippen molar-refractivity contribution < 1.29 is 15.0 Å². The third kappa shape index (κ3) is 8.75. The fourth-order valence-corrected chi connectivity index (χ4v) is 5.53. The highest BCUT2D eigenvalue weighted by atomic mass is 16.4. The van der Waals surface area contributed by atoms with E-state index in [0.29, 0.717) is 37.0 Å². The molecule has 0 amide bonds. The van der Waals surface area contributed by atoms with Crippen LogP contribution in [0.25, 0.3) is 10.8 Å². The van der Waals surface area contributed by atoms with E-state index in [4.69, 9.17) is 15.0 Å². The number of nitrogens with zero attached hydrogens (tertiary/aromatic N) is 11. The number of carbonyl (C=O) groups is 1. The molecule has 2 aromatic carbocycles. The number of carboxylic acids is 1. The summed E-state index contributed by atoms with van der Waals surface area (Å²) in [5.41, 5.74) is 2.74. The number of rotatable bonds is 13. The van der Waals surface area contributed by atoms with Crippen molar-refractivity contribution in [3.63, 3.8) is 0 Å². The van der Waals surface area contributed by atoms with E-state index >= 15 is 0 Å². The summed E-state index contributed by atoms with van der Waals surface area (Å²) in [6.45, 7) is 1.30. The van der Waals surface area contributed by atoms with Gasteiger partial charge in [0.25, 0.3) is 5.95 Å². The van der Waals surface area contributed by atoms with Crippen molar-refractivity contribution in [2.24, 2.45) is 10.2 Å². The Morgan fingerprint density at radius 2 is 1.02 bits per heavy atom. The number of aromatic hydroxyl groups is 1. The maximum absolute atomic E-state index is 12.2. The predicted octanol–water partition coefficient (Wildman–Crippen LogP) is 7.47. The lowest BCUT2D eigenvalue weighted by Crippen LogP contribution is -2.29. The number of carboxylic acid groups (broad SMARTS) is 1. The van der Waals surface area contributed by atoms with E-state index in [1.54, 1.807) is 55.1 Å². The minimum Gasteiger partial charge on any atom is -0.505 e. The van der Waals surface area contributed by atoms with E-state index in [-0.39, 0.29) is 36.5 Å². The van der Waals surface area contributed by atoms with Gasteiger partial charge in [-0.1, -0.05) is 56.0 Å². The highest BCUT2D eigenvalue weighted by Gasteiger charge is 2.22. The first-order valence-electron chi connectivity index (χ1n) is 16.3. The second kappa shape index (κ2) is 16.7. The Morgan fingerprint density at radius 3 is 1.43 bits per heavy atom. The zero-order valence-electron chi connectivity index (χ0n) is 27.7. The van der Waals surface area contributed by atoms with E-state index in [1.807, 2.05) is 82.6 Å². The molecule has 0 aliphatic carbocycles. The summed E-state index contributed by atoms with van der Waals surface area (Å²) >= 11 is 0. The molecule has 5 heterocycles. The van der Waals surface area contributed by atoms with Crippen molar-refractivity contribution in [3.8, 4) is 5.75 Å². The van der Waals surface area contributed by atoms with Crippen molar-refractivity contribution in [1.82, 2.24) is 34.9 Å². The first-order chi connectivity index (χ1) is 25.5. The Kier molecular flexibility index (Phi) is 11.2. The Balaban J connectivity index is 0.00000481. The quantitative estimate of drug-likeness (QED) is 0.113. The molecule has 0 spiro atoms. The molecule has 0 aliphatic rings. The van der Waals surface area contributed by atoms with Gasteiger partial charge in [-0.2, -0.15) is 15.0 Å². The summed E-state index contributed by atoms with van der Waals surface area (Å²) in [6.07, 6.45) is 6.87. The highest BCUT2D eigenvalue weighted by molar-refractivity contribution is 6.08. The van der Waals surface area contributed by atoms with Crippen LogP contribution in [0, 0.1) is 0 Å². The van der Waals surface area contributed by atoms with Gasteiger partial charge in [-0.25, -0.2) is 4.79 Å². The van der Waals surface area contributed by atoms with Crippen molar-refractivity contribution in [1.29, 1.82) is 0 Å². The van der Waals surface area contributed by atoms with Crippen molar-refractivity contribution >= 4 is 40.3 Å². The molecule has 53 heavy (non-hydrogen) atoms. The fourth-order valence-electron chi connectivity index (χ4n) is 5.53. The van der Waals surface area contributed by atoms with Crippen molar-refractivity contribution in [2.75, 3.05) is 9.80 Å². The standard InChI is InChI=1S/C38H31N11O3.CH4/c50-34-32(21-26-11-1-2-16-31(26)33(34)35(51)52)46-47-36-43-37(48(22-27-12-3-7-17-39-27)23-28-13-4-8-18-40-28)45-38(44-36)49(24-29-14-5-9-19-41-29)25-30-15-6-10-20-42-30;/h1-21,50H,22-25H2,(H,51,52);1H4. The van der Waals surface area contributed by atoms with Crippen molar-refractivity contribution in [3.05, 3.63) is 156 Å². The molecule has 0 saturated carbocycles. The average Bonchev–Trinajstić information content (AvgIpc) is 3.18. The van der Waals surface area contributed by atoms with Gasteiger partial charge in [0.1, 0.15) is 11.3 Å². The van der Waals surface area contributed by atoms with Crippen molar-refractivity contribution in [2.45, 2.75) is 33.6 Å². The molecule has 0 radical (unpaired) electrons. The fraction of sp³-hybridized carbons (Fsp3) is 0.128. The lowest BCUT2D eigenvalue weighted by atomic mass is 10.0. The molecule has 2 N–H and O–H groups in total. The molecular weight excluding hydrogens is 671 g/mol. The van der Waals surface area contributed by atoms with Gasteiger partial charge in [0.15, 0.2) is 5.75 Å². The maximum atomic E-state index is 12.2. The Hall–Kier alpha value is -7.22. The van der Waals surface area contributed by atoms with Crippen LogP contribution in [0.5, 0.6) is 5.75 Å². The largest absolute Gasteiger partial charge is 0.505 e. The van der Waals surface area contributed by atoms with Gasteiger partial charge in [-0.05, 0) is 60.0 Å². The summed E-state index contributed by atoms with van der Waals surface area (Å²) in [5, 5.41) is 30.6. The minimum absolute atomic E-state index is 0. The average molecular weight is 706 g/mol.